The van der Waals surface area contributed by atoms with Gasteiger partial charge < -0.3 is 20.3 Å². The summed E-state index contributed by atoms with van der Waals surface area (Å²) in [7, 11) is 1.64. The van der Waals surface area contributed by atoms with E-state index in [0.29, 0.717) is 18.8 Å². The number of rotatable bonds is 6. The summed E-state index contributed by atoms with van der Waals surface area (Å²) in [6.45, 7) is 2.88. The Hall–Kier alpha value is -2.68. The van der Waals surface area contributed by atoms with Gasteiger partial charge in [0.1, 0.15) is 0 Å². The number of hydrogen-bond donors (Lipinski definition) is 2. The van der Waals surface area contributed by atoms with Crippen LogP contribution in [0.3, 0.4) is 0 Å². The number of ether oxygens (including phenoxy) is 1. The first-order valence-electron chi connectivity index (χ1n) is 8.35. The minimum atomic E-state index is -0.208. The van der Waals surface area contributed by atoms with Gasteiger partial charge in [-0.25, -0.2) is 14.8 Å². The Labute approximate surface area is 146 Å². The molecule has 2 aromatic rings. The third-order valence-electron chi connectivity index (χ3n) is 4.08. The lowest BCUT2D eigenvalue weighted by Crippen LogP contribution is -2.46. The van der Waals surface area contributed by atoms with Gasteiger partial charge in [-0.05, 0) is 18.9 Å². The zero-order valence-electron chi connectivity index (χ0n) is 14.3. The summed E-state index contributed by atoms with van der Waals surface area (Å²) >= 11 is 0. The Morgan fingerprint density at radius 2 is 2.08 bits per heavy atom. The van der Waals surface area contributed by atoms with Gasteiger partial charge in [0.2, 0.25) is 5.95 Å². The van der Waals surface area contributed by atoms with Crippen LogP contribution in [0.5, 0.6) is 0 Å². The summed E-state index contributed by atoms with van der Waals surface area (Å²) < 4.78 is 6.74. The molecule has 25 heavy (non-hydrogen) atoms. The van der Waals surface area contributed by atoms with Crippen molar-refractivity contribution >= 4 is 17.7 Å². The molecule has 0 spiro atoms. The van der Waals surface area contributed by atoms with E-state index < -0.39 is 0 Å². The zero-order valence-corrected chi connectivity index (χ0v) is 14.3. The molecule has 3 heterocycles. The van der Waals surface area contributed by atoms with Gasteiger partial charge >= 0.3 is 6.03 Å². The molecule has 1 fully saturated rings. The minimum absolute atomic E-state index is 0.142. The molecule has 0 radical (unpaired) electrons. The van der Waals surface area contributed by atoms with Crippen molar-refractivity contribution in [3.63, 3.8) is 0 Å². The second kappa shape index (κ2) is 8.43. The number of nitrogens with zero attached hydrogens (tertiary/aromatic N) is 5. The Morgan fingerprint density at radius 3 is 2.80 bits per heavy atom. The van der Waals surface area contributed by atoms with Crippen LogP contribution in [0.4, 0.5) is 16.4 Å². The van der Waals surface area contributed by atoms with Crippen LogP contribution in [0.25, 0.3) is 0 Å². The van der Waals surface area contributed by atoms with Crippen molar-refractivity contribution in [2.75, 3.05) is 37.0 Å². The van der Waals surface area contributed by atoms with Crippen LogP contribution < -0.4 is 15.5 Å². The predicted octanol–water partition coefficient (Wildman–Crippen LogP) is 1.11. The van der Waals surface area contributed by atoms with Crippen molar-refractivity contribution in [1.29, 1.82) is 0 Å². The van der Waals surface area contributed by atoms with E-state index in [1.165, 1.54) is 0 Å². The molecule has 3 rings (SSSR count). The molecule has 0 saturated carbocycles. The highest BCUT2D eigenvalue weighted by Gasteiger charge is 2.22. The maximum atomic E-state index is 12.1. The lowest BCUT2D eigenvalue weighted by Gasteiger charge is -2.32. The van der Waals surface area contributed by atoms with E-state index in [1.807, 2.05) is 0 Å². The largest absolute Gasteiger partial charge is 0.383 e. The molecule has 1 aliphatic heterocycles. The molecular weight excluding hydrogens is 322 g/mol. The lowest BCUT2D eigenvalue weighted by molar-refractivity contribution is 0.183. The lowest BCUT2D eigenvalue weighted by atomic mass is 10.1. The fourth-order valence-corrected chi connectivity index (χ4v) is 2.77. The van der Waals surface area contributed by atoms with Crippen LogP contribution in [-0.4, -0.2) is 58.6 Å². The van der Waals surface area contributed by atoms with Crippen LogP contribution in [0.2, 0.25) is 0 Å². The number of piperidine rings is 1. The monoisotopic (exact) mass is 345 g/mol. The molecular formula is C16H23N7O2. The Morgan fingerprint density at radius 1 is 1.32 bits per heavy atom. The molecule has 0 aromatic carbocycles. The number of nitrogens with one attached hydrogen (secondary N) is 2. The van der Waals surface area contributed by atoms with Crippen molar-refractivity contribution in [2.45, 2.75) is 25.4 Å². The molecule has 2 N–H and O–H groups in total. The standard InChI is InChI=1S/C16H23N7O2/c1-25-10-9-23-12-14(11-19-23)21-16(24)20-13-3-7-22(8-4-13)15-17-5-2-6-18-15/h2,5-6,11-13H,3-4,7-10H2,1H3,(H2,20,21,24). The summed E-state index contributed by atoms with van der Waals surface area (Å²) in [5.74, 6) is 0.744. The van der Waals surface area contributed by atoms with Gasteiger partial charge in [0.15, 0.2) is 0 Å². The number of methoxy groups -OCH3 is 1. The average molecular weight is 345 g/mol. The van der Waals surface area contributed by atoms with Gasteiger partial charge in [0.05, 0.1) is 25.0 Å². The maximum Gasteiger partial charge on any atom is 0.319 e. The summed E-state index contributed by atoms with van der Waals surface area (Å²) in [6, 6.07) is 1.74. The third-order valence-corrected chi connectivity index (χ3v) is 4.08. The number of anilines is 2. The van der Waals surface area contributed by atoms with Gasteiger partial charge in [-0.1, -0.05) is 0 Å². The Bertz CT molecular complexity index is 668. The summed E-state index contributed by atoms with van der Waals surface area (Å²) in [5.41, 5.74) is 0.670. The fourth-order valence-electron chi connectivity index (χ4n) is 2.77. The number of aromatic nitrogens is 4. The van der Waals surface area contributed by atoms with E-state index in [4.69, 9.17) is 4.74 Å². The highest BCUT2D eigenvalue weighted by atomic mass is 16.5. The van der Waals surface area contributed by atoms with Crippen molar-refractivity contribution < 1.29 is 9.53 Å². The van der Waals surface area contributed by atoms with Crippen LogP contribution in [0, 0.1) is 0 Å². The smallest absolute Gasteiger partial charge is 0.319 e. The quantitative estimate of drug-likeness (QED) is 0.814. The van der Waals surface area contributed by atoms with Crippen LogP contribution in [0.15, 0.2) is 30.9 Å². The molecule has 2 amide bonds. The first kappa shape index (κ1) is 17.2. The predicted molar refractivity (Wildman–Crippen MR) is 93.5 cm³/mol. The van der Waals surface area contributed by atoms with E-state index in [-0.39, 0.29) is 12.1 Å². The van der Waals surface area contributed by atoms with E-state index in [2.05, 4.69) is 30.6 Å². The number of urea groups is 1. The van der Waals surface area contributed by atoms with Gasteiger partial charge in [0.25, 0.3) is 0 Å². The molecule has 9 nitrogen and oxygen atoms in total. The highest BCUT2D eigenvalue weighted by Crippen LogP contribution is 2.15. The average Bonchev–Trinajstić information content (AvgIpc) is 3.08. The first-order chi connectivity index (χ1) is 12.2. The van der Waals surface area contributed by atoms with Gasteiger partial charge in [-0.15, -0.1) is 0 Å². The maximum absolute atomic E-state index is 12.1. The topological polar surface area (TPSA) is 97.2 Å². The molecule has 134 valence electrons. The van der Waals surface area contributed by atoms with E-state index >= 15 is 0 Å². The summed E-state index contributed by atoms with van der Waals surface area (Å²) in [4.78, 5) is 22.8. The molecule has 9 heteroatoms. The normalized spacial score (nSPS) is 15.2. The van der Waals surface area contributed by atoms with Gasteiger partial charge in [-0.2, -0.15) is 5.10 Å². The molecule has 0 atom stereocenters. The molecule has 1 aliphatic rings. The van der Waals surface area contributed by atoms with E-state index in [1.54, 1.807) is 42.6 Å². The number of amides is 2. The van der Waals surface area contributed by atoms with Crippen LogP contribution >= 0.6 is 0 Å². The van der Waals surface area contributed by atoms with Gasteiger partial charge in [-0.3, -0.25) is 4.68 Å². The molecule has 0 bridgehead atoms. The van der Waals surface area contributed by atoms with Gasteiger partial charge in [0, 0.05) is 44.8 Å². The minimum Gasteiger partial charge on any atom is -0.383 e. The molecule has 1 saturated heterocycles. The number of carbonyl (C=O) groups excluding carboxylic acids is 1. The van der Waals surface area contributed by atoms with Crippen molar-refractivity contribution in [2.24, 2.45) is 0 Å². The fraction of sp³-hybridized carbons (Fsp3) is 0.500. The number of carbonyl (C=O) groups is 1. The van der Waals surface area contributed by atoms with Crippen LogP contribution in [0.1, 0.15) is 12.8 Å². The summed E-state index contributed by atoms with van der Waals surface area (Å²) in [5, 5.41) is 10.00. The zero-order chi connectivity index (χ0) is 17.5. The molecule has 2 aromatic heterocycles. The van der Waals surface area contributed by atoms with E-state index in [9.17, 15) is 4.79 Å². The molecule has 0 unspecified atom stereocenters. The second-order valence-electron chi connectivity index (χ2n) is 5.89. The summed E-state index contributed by atoms with van der Waals surface area (Å²) in [6.07, 6.45) is 8.62. The number of hydrogen-bond acceptors (Lipinski definition) is 6. The third kappa shape index (κ3) is 4.90. The van der Waals surface area contributed by atoms with Crippen molar-refractivity contribution in [3.05, 3.63) is 30.9 Å². The first-order valence-corrected chi connectivity index (χ1v) is 8.35. The highest BCUT2D eigenvalue weighted by molar-refractivity contribution is 5.89. The molecule has 0 aliphatic carbocycles. The second-order valence-corrected chi connectivity index (χ2v) is 5.89. The SMILES string of the molecule is COCCn1cc(NC(=O)NC2CCN(c3ncccn3)CC2)cn1. The van der Waals surface area contributed by atoms with Crippen LogP contribution in [-0.2, 0) is 11.3 Å². The van der Waals surface area contributed by atoms with Crippen molar-refractivity contribution in [1.82, 2.24) is 25.1 Å². The Kier molecular flexibility index (Phi) is 5.78. The Balaban J connectivity index is 1.42. The van der Waals surface area contributed by atoms with E-state index in [0.717, 1.165) is 31.9 Å². The van der Waals surface area contributed by atoms with Crippen molar-refractivity contribution in [3.8, 4) is 0 Å².